The van der Waals surface area contributed by atoms with Gasteiger partial charge in [-0.3, -0.25) is 0 Å². The molecule has 0 unspecified atom stereocenters. The Morgan fingerprint density at radius 2 is 1.84 bits per heavy atom. The van der Waals surface area contributed by atoms with E-state index in [0.717, 1.165) is 5.56 Å². The lowest BCUT2D eigenvalue weighted by Gasteiger charge is -1.98. The minimum atomic E-state index is 0.00996. The lowest BCUT2D eigenvalue weighted by Crippen LogP contribution is -1.81. The number of aromatic hydroxyl groups is 1. The molecule has 0 fully saturated rings. The Balaban J connectivity index is 2.02. The van der Waals surface area contributed by atoms with Crippen molar-refractivity contribution in [3.63, 3.8) is 0 Å². The van der Waals surface area contributed by atoms with Crippen molar-refractivity contribution in [2.75, 3.05) is 0 Å². The molecule has 0 atom stereocenters. The molecule has 1 aromatic heterocycles. The molecule has 3 rings (SSSR count). The lowest BCUT2D eigenvalue weighted by atomic mass is 10.2. The first kappa shape index (κ1) is 11.7. The summed E-state index contributed by atoms with van der Waals surface area (Å²) in [7, 11) is 0. The summed E-state index contributed by atoms with van der Waals surface area (Å²) in [4.78, 5) is 4.26. The molecule has 0 aliphatic carbocycles. The van der Waals surface area contributed by atoms with Gasteiger partial charge < -0.3 is 9.63 Å². The molecule has 0 bridgehead atoms. The molecule has 0 amide bonds. The highest BCUT2D eigenvalue weighted by atomic mass is 35.5. The van der Waals surface area contributed by atoms with Crippen molar-refractivity contribution in [3.05, 3.63) is 53.6 Å². The summed E-state index contributed by atoms with van der Waals surface area (Å²) >= 11 is 5.78. The van der Waals surface area contributed by atoms with Gasteiger partial charge in [0.25, 0.3) is 5.89 Å². The van der Waals surface area contributed by atoms with Crippen molar-refractivity contribution in [1.82, 2.24) is 10.1 Å². The largest absolute Gasteiger partial charge is 0.507 e. The third-order valence-corrected chi connectivity index (χ3v) is 2.88. The Labute approximate surface area is 114 Å². The second-order valence-electron chi connectivity index (χ2n) is 3.95. The fourth-order valence-electron chi connectivity index (χ4n) is 1.72. The van der Waals surface area contributed by atoms with Crippen molar-refractivity contribution in [3.8, 4) is 28.6 Å². The van der Waals surface area contributed by atoms with Crippen LogP contribution < -0.4 is 0 Å². The summed E-state index contributed by atoms with van der Waals surface area (Å²) in [5.74, 6) is 0.744. The molecule has 4 nitrogen and oxygen atoms in total. The molecule has 0 aliphatic rings. The fourth-order valence-corrected chi connectivity index (χ4v) is 1.89. The average molecular weight is 273 g/mol. The van der Waals surface area contributed by atoms with Gasteiger partial charge in [-0.05, 0) is 18.2 Å². The number of benzene rings is 2. The normalized spacial score (nSPS) is 10.6. The molecular weight excluding hydrogens is 264 g/mol. The Morgan fingerprint density at radius 1 is 1.05 bits per heavy atom. The number of nitrogens with zero attached hydrogens (tertiary/aromatic N) is 2. The monoisotopic (exact) mass is 272 g/mol. The molecule has 5 heteroatoms. The van der Waals surface area contributed by atoms with E-state index in [1.807, 2.05) is 30.3 Å². The molecule has 1 N–H and O–H groups in total. The van der Waals surface area contributed by atoms with Crippen LogP contribution in [0.3, 0.4) is 0 Å². The summed E-state index contributed by atoms with van der Waals surface area (Å²) in [6.07, 6.45) is 0. The zero-order chi connectivity index (χ0) is 13.2. The van der Waals surface area contributed by atoms with Gasteiger partial charge in [0.15, 0.2) is 0 Å². The Bertz CT molecular complexity index is 710. The van der Waals surface area contributed by atoms with Gasteiger partial charge in [-0.1, -0.05) is 47.1 Å². The van der Waals surface area contributed by atoms with Crippen LogP contribution >= 0.6 is 11.6 Å². The van der Waals surface area contributed by atoms with Crippen molar-refractivity contribution >= 4 is 11.6 Å². The van der Waals surface area contributed by atoms with E-state index in [1.54, 1.807) is 12.1 Å². The van der Waals surface area contributed by atoms with E-state index in [1.165, 1.54) is 6.07 Å². The van der Waals surface area contributed by atoms with E-state index in [-0.39, 0.29) is 11.6 Å². The number of halogens is 1. The predicted octanol–water partition coefficient (Wildman–Crippen LogP) is 3.76. The molecule has 0 spiro atoms. The van der Waals surface area contributed by atoms with Crippen LogP contribution in [0.1, 0.15) is 0 Å². The number of rotatable bonds is 2. The van der Waals surface area contributed by atoms with E-state index in [4.69, 9.17) is 16.1 Å². The maximum absolute atomic E-state index is 9.81. The van der Waals surface area contributed by atoms with Gasteiger partial charge in [0, 0.05) is 10.6 Å². The number of hydrogen-bond donors (Lipinski definition) is 1. The van der Waals surface area contributed by atoms with Crippen molar-refractivity contribution < 1.29 is 9.63 Å². The fraction of sp³-hybridized carbons (Fsp3) is 0. The Hall–Kier alpha value is -2.33. The molecule has 0 radical (unpaired) electrons. The van der Waals surface area contributed by atoms with Gasteiger partial charge in [-0.25, -0.2) is 0 Å². The van der Waals surface area contributed by atoms with Gasteiger partial charge in [0.2, 0.25) is 5.82 Å². The summed E-state index contributed by atoms with van der Waals surface area (Å²) in [5, 5.41) is 14.2. The average Bonchev–Trinajstić information content (AvgIpc) is 2.89. The minimum Gasteiger partial charge on any atom is -0.507 e. The van der Waals surface area contributed by atoms with Crippen LogP contribution in [0, 0.1) is 0 Å². The minimum absolute atomic E-state index is 0.00996. The van der Waals surface area contributed by atoms with Crippen molar-refractivity contribution in [1.29, 1.82) is 0 Å². The molecule has 0 saturated carbocycles. The van der Waals surface area contributed by atoms with Crippen LogP contribution in [0.25, 0.3) is 22.8 Å². The third-order valence-electron chi connectivity index (χ3n) is 2.65. The predicted molar refractivity (Wildman–Crippen MR) is 71.8 cm³/mol. The third kappa shape index (κ3) is 2.30. The highest BCUT2D eigenvalue weighted by Crippen LogP contribution is 2.31. The standard InChI is InChI=1S/C14H9ClN2O2/c15-10-6-7-11(12(18)8-10)14-16-13(17-19-14)9-4-2-1-3-5-9/h1-8,18H. The van der Waals surface area contributed by atoms with Gasteiger partial charge >= 0.3 is 0 Å². The summed E-state index contributed by atoms with van der Waals surface area (Å²) in [6.45, 7) is 0. The van der Waals surface area contributed by atoms with Crippen LogP contribution in [0.15, 0.2) is 53.1 Å². The first-order valence-electron chi connectivity index (χ1n) is 5.62. The zero-order valence-corrected chi connectivity index (χ0v) is 10.5. The molecule has 94 valence electrons. The second kappa shape index (κ2) is 4.74. The summed E-state index contributed by atoms with van der Waals surface area (Å²) < 4.78 is 5.16. The maximum Gasteiger partial charge on any atom is 0.261 e. The number of aromatic nitrogens is 2. The van der Waals surface area contributed by atoms with E-state index in [0.29, 0.717) is 16.4 Å². The SMILES string of the molecule is Oc1cc(Cl)ccc1-c1nc(-c2ccccc2)no1. The van der Waals surface area contributed by atoms with Crippen molar-refractivity contribution in [2.45, 2.75) is 0 Å². The Kier molecular flexibility index (Phi) is 2.93. The summed E-state index contributed by atoms with van der Waals surface area (Å²) in [5.41, 5.74) is 1.31. The van der Waals surface area contributed by atoms with Crippen LogP contribution in [0.5, 0.6) is 5.75 Å². The topological polar surface area (TPSA) is 59.2 Å². The van der Waals surface area contributed by atoms with Crippen LogP contribution in [0.2, 0.25) is 5.02 Å². The quantitative estimate of drug-likeness (QED) is 0.771. The van der Waals surface area contributed by atoms with Gasteiger partial charge in [-0.15, -0.1) is 0 Å². The van der Waals surface area contributed by atoms with Crippen LogP contribution in [-0.4, -0.2) is 15.2 Å². The van der Waals surface area contributed by atoms with Crippen LogP contribution in [0.4, 0.5) is 0 Å². The molecule has 3 aromatic rings. The van der Waals surface area contributed by atoms with Crippen molar-refractivity contribution in [2.24, 2.45) is 0 Å². The second-order valence-corrected chi connectivity index (χ2v) is 4.39. The molecule has 2 aromatic carbocycles. The summed E-state index contributed by atoms with van der Waals surface area (Å²) in [6, 6.07) is 14.2. The highest BCUT2D eigenvalue weighted by Gasteiger charge is 2.13. The highest BCUT2D eigenvalue weighted by molar-refractivity contribution is 6.30. The first-order valence-corrected chi connectivity index (χ1v) is 6.00. The molecule has 0 aliphatic heterocycles. The number of phenols is 1. The maximum atomic E-state index is 9.81. The number of hydrogen-bond acceptors (Lipinski definition) is 4. The lowest BCUT2D eigenvalue weighted by molar-refractivity contribution is 0.426. The van der Waals surface area contributed by atoms with E-state index in [9.17, 15) is 5.11 Å². The van der Waals surface area contributed by atoms with Crippen LogP contribution in [-0.2, 0) is 0 Å². The van der Waals surface area contributed by atoms with Gasteiger partial charge in [0.1, 0.15) is 5.75 Å². The smallest absolute Gasteiger partial charge is 0.261 e. The molecular formula is C14H9ClN2O2. The van der Waals surface area contributed by atoms with Gasteiger partial charge in [-0.2, -0.15) is 4.98 Å². The first-order chi connectivity index (χ1) is 9.24. The van der Waals surface area contributed by atoms with E-state index >= 15 is 0 Å². The Morgan fingerprint density at radius 3 is 2.58 bits per heavy atom. The molecule has 19 heavy (non-hydrogen) atoms. The van der Waals surface area contributed by atoms with E-state index < -0.39 is 0 Å². The van der Waals surface area contributed by atoms with E-state index in [2.05, 4.69) is 10.1 Å². The molecule has 1 heterocycles. The van der Waals surface area contributed by atoms with Gasteiger partial charge in [0.05, 0.1) is 5.56 Å². The molecule has 0 saturated heterocycles. The number of phenolic OH excluding ortho intramolecular Hbond substituents is 1. The zero-order valence-electron chi connectivity index (χ0n) is 9.75.